The molecule has 1 aliphatic carbocycles. The van der Waals surface area contributed by atoms with Crippen molar-refractivity contribution in [2.45, 2.75) is 57.5 Å². The molecule has 1 fully saturated rings. The monoisotopic (exact) mass is 369 g/mol. The zero-order valence-corrected chi connectivity index (χ0v) is 15.8. The van der Waals surface area contributed by atoms with Gasteiger partial charge in [-0.05, 0) is 37.5 Å². The van der Waals surface area contributed by atoms with Crippen LogP contribution in [0.5, 0.6) is 5.75 Å². The van der Waals surface area contributed by atoms with Gasteiger partial charge in [-0.3, -0.25) is 9.59 Å². The molecule has 1 aromatic heterocycles. The van der Waals surface area contributed by atoms with E-state index in [4.69, 9.17) is 4.74 Å². The molecule has 0 aliphatic heterocycles. The maximum Gasteiger partial charge on any atom is 0.266 e. The van der Waals surface area contributed by atoms with Gasteiger partial charge in [0.05, 0.1) is 12.8 Å². The summed E-state index contributed by atoms with van der Waals surface area (Å²) >= 11 is 0. The molecular formula is C21H27N3O3. The largest absolute Gasteiger partial charge is 0.497 e. The normalized spacial score (nSPS) is 14.7. The summed E-state index contributed by atoms with van der Waals surface area (Å²) in [5.74, 6) is 0.810. The molecule has 1 N–H and O–H groups in total. The number of aryl methyl sites for hydroxylation is 1. The summed E-state index contributed by atoms with van der Waals surface area (Å²) in [5, 5.41) is 7.56. The number of methoxy groups -OCH3 is 1. The second-order valence-corrected chi connectivity index (χ2v) is 7.02. The first kappa shape index (κ1) is 19.1. The Balaban J connectivity index is 1.58. The summed E-state index contributed by atoms with van der Waals surface area (Å²) in [6, 6.07) is 11.1. The first-order valence-electron chi connectivity index (χ1n) is 9.67. The van der Waals surface area contributed by atoms with Crippen LogP contribution in [-0.2, 0) is 11.3 Å². The Morgan fingerprint density at radius 2 is 2.04 bits per heavy atom. The Morgan fingerprint density at radius 3 is 2.81 bits per heavy atom. The van der Waals surface area contributed by atoms with Crippen LogP contribution >= 0.6 is 0 Å². The number of carbonyl (C=O) groups is 1. The highest BCUT2D eigenvalue weighted by atomic mass is 16.5. The van der Waals surface area contributed by atoms with Gasteiger partial charge in [-0.1, -0.05) is 31.4 Å². The number of carbonyl (C=O) groups excluding carboxylic acids is 1. The van der Waals surface area contributed by atoms with E-state index in [0.29, 0.717) is 31.1 Å². The first-order chi connectivity index (χ1) is 13.2. The van der Waals surface area contributed by atoms with Crippen LogP contribution in [0.15, 0.2) is 41.2 Å². The molecule has 0 atom stereocenters. The lowest BCUT2D eigenvalue weighted by Gasteiger charge is -2.22. The van der Waals surface area contributed by atoms with Gasteiger partial charge < -0.3 is 10.1 Å². The van der Waals surface area contributed by atoms with Crippen LogP contribution in [0, 0.1) is 0 Å². The van der Waals surface area contributed by atoms with Gasteiger partial charge in [0.15, 0.2) is 0 Å². The van der Waals surface area contributed by atoms with Crippen LogP contribution in [-0.4, -0.2) is 28.8 Å². The summed E-state index contributed by atoms with van der Waals surface area (Å²) in [4.78, 5) is 24.2. The molecular weight excluding hydrogens is 342 g/mol. The number of rotatable bonds is 7. The summed E-state index contributed by atoms with van der Waals surface area (Å²) in [5.41, 5.74) is 1.44. The number of hydrogen-bond acceptors (Lipinski definition) is 4. The van der Waals surface area contributed by atoms with Gasteiger partial charge >= 0.3 is 0 Å². The Hall–Kier alpha value is -2.63. The number of nitrogens with one attached hydrogen (secondary N) is 1. The van der Waals surface area contributed by atoms with Gasteiger partial charge in [0, 0.05) is 30.6 Å². The zero-order chi connectivity index (χ0) is 19.1. The van der Waals surface area contributed by atoms with Crippen LogP contribution in [0.3, 0.4) is 0 Å². The summed E-state index contributed by atoms with van der Waals surface area (Å²) in [7, 11) is 1.62. The van der Waals surface area contributed by atoms with Crippen LogP contribution in [0.4, 0.5) is 0 Å². The summed E-state index contributed by atoms with van der Waals surface area (Å²) in [6.45, 7) is 0.425. The highest BCUT2D eigenvalue weighted by Crippen LogP contribution is 2.21. The number of aromatic nitrogens is 2. The van der Waals surface area contributed by atoms with E-state index in [1.165, 1.54) is 30.0 Å². The predicted octanol–water partition coefficient (Wildman–Crippen LogP) is 3.15. The molecule has 3 rings (SSSR count). The topological polar surface area (TPSA) is 73.2 Å². The van der Waals surface area contributed by atoms with Gasteiger partial charge in [-0.15, -0.1) is 0 Å². The molecule has 0 bridgehead atoms. The average Bonchev–Trinajstić information content (AvgIpc) is 2.70. The number of nitrogens with zero attached hydrogens (tertiary/aromatic N) is 2. The van der Waals surface area contributed by atoms with Gasteiger partial charge in [0.2, 0.25) is 5.91 Å². The minimum absolute atomic E-state index is 0.0684. The van der Waals surface area contributed by atoms with Crippen molar-refractivity contribution < 1.29 is 9.53 Å². The number of ether oxygens (including phenoxy) is 1. The number of hydrogen-bond donors (Lipinski definition) is 1. The van der Waals surface area contributed by atoms with E-state index in [-0.39, 0.29) is 11.5 Å². The molecule has 6 nitrogen and oxygen atoms in total. The highest BCUT2D eigenvalue weighted by Gasteiger charge is 2.15. The van der Waals surface area contributed by atoms with Crippen molar-refractivity contribution in [2.75, 3.05) is 7.11 Å². The maximum absolute atomic E-state index is 12.1. The molecule has 0 spiro atoms. The van der Waals surface area contributed by atoms with Crippen molar-refractivity contribution in [1.29, 1.82) is 0 Å². The Morgan fingerprint density at radius 1 is 1.22 bits per heavy atom. The average molecular weight is 369 g/mol. The minimum atomic E-state index is -0.158. The molecule has 1 saturated carbocycles. The standard InChI is InChI=1S/C21H27N3O3/c1-27-18-10-5-7-16(15-18)19-12-13-21(26)24(23-19)14-6-11-20(25)22-17-8-3-2-4-9-17/h5,7,10,12-13,15,17H,2-4,6,8-9,11,14H2,1H3,(H,22,25). The fourth-order valence-electron chi connectivity index (χ4n) is 3.48. The second-order valence-electron chi connectivity index (χ2n) is 7.02. The lowest BCUT2D eigenvalue weighted by atomic mass is 9.95. The van der Waals surface area contributed by atoms with Gasteiger partial charge in [0.1, 0.15) is 5.75 Å². The third-order valence-corrected chi connectivity index (χ3v) is 4.98. The van der Waals surface area contributed by atoms with Gasteiger partial charge in [0.25, 0.3) is 5.56 Å². The fourth-order valence-corrected chi connectivity index (χ4v) is 3.48. The van der Waals surface area contributed by atoms with Crippen LogP contribution in [0.25, 0.3) is 11.3 Å². The van der Waals surface area contributed by atoms with Crippen LogP contribution in [0.1, 0.15) is 44.9 Å². The van der Waals surface area contributed by atoms with Crippen molar-refractivity contribution in [2.24, 2.45) is 0 Å². The van der Waals surface area contributed by atoms with Gasteiger partial charge in [-0.25, -0.2) is 4.68 Å². The zero-order valence-electron chi connectivity index (χ0n) is 15.8. The minimum Gasteiger partial charge on any atom is -0.497 e. The molecule has 27 heavy (non-hydrogen) atoms. The smallest absolute Gasteiger partial charge is 0.266 e. The molecule has 6 heteroatoms. The molecule has 1 amide bonds. The molecule has 2 aromatic rings. The Labute approximate surface area is 159 Å². The molecule has 0 radical (unpaired) electrons. The number of benzene rings is 1. The highest BCUT2D eigenvalue weighted by molar-refractivity contribution is 5.76. The van der Waals surface area contributed by atoms with Crippen LogP contribution < -0.4 is 15.6 Å². The third kappa shape index (κ3) is 5.42. The lowest BCUT2D eigenvalue weighted by Crippen LogP contribution is -2.36. The van der Waals surface area contributed by atoms with E-state index < -0.39 is 0 Å². The van der Waals surface area contributed by atoms with E-state index in [9.17, 15) is 9.59 Å². The quantitative estimate of drug-likeness (QED) is 0.814. The van der Waals surface area contributed by atoms with Crippen molar-refractivity contribution >= 4 is 5.91 Å². The predicted molar refractivity (Wildman–Crippen MR) is 105 cm³/mol. The van der Waals surface area contributed by atoms with Crippen molar-refractivity contribution in [3.8, 4) is 17.0 Å². The van der Waals surface area contributed by atoms with Crippen molar-refractivity contribution in [1.82, 2.24) is 15.1 Å². The molecule has 1 aliphatic rings. The maximum atomic E-state index is 12.1. The molecule has 1 heterocycles. The Kier molecular flexibility index (Phi) is 6.63. The lowest BCUT2D eigenvalue weighted by molar-refractivity contribution is -0.122. The molecule has 0 saturated heterocycles. The van der Waals surface area contributed by atoms with Gasteiger partial charge in [-0.2, -0.15) is 5.10 Å². The first-order valence-corrected chi connectivity index (χ1v) is 9.67. The fraction of sp³-hybridized carbons (Fsp3) is 0.476. The van der Waals surface area contributed by atoms with E-state index >= 15 is 0 Å². The number of amides is 1. The molecule has 144 valence electrons. The van der Waals surface area contributed by atoms with Crippen molar-refractivity contribution in [3.63, 3.8) is 0 Å². The molecule has 1 aromatic carbocycles. The molecule has 0 unspecified atom stereocenters. The van der Waals surface area contributed by atoms with E-state index in [1.807, 2.05) is 24.3 Å². The van der Waals surface area contributed by atoms with Crippen LogP contribution in [0.2, 0.25) is 0 Å². The SMILES string of the molecule is COc1cccc(-c2ccc(=O)n(CCCC(=O)NC3CCCCC3)n2)c1. The Bertz CT molecular complexity index is 825. The van der Waals surface area contributed by atoms with E-state index in [0.717, 1.165) is 24.2 Å². The van der Waals surface area contributed by atoms with E-state index in [2.05, 4.69) is 10.4 Å². The summed E-state index contributed by atoms with van der Waals surface area (Å²) < 4.78 is 6.68. The third-order valence-electron chi connectivity index (χ3n) is 4.98. The van der Waals surface area contributed by atoms with E-state index in [1.54, 1.807) is 13.2 Å². The van der Waals surface area contributed by atoms with Crippen molar-refractivity contribution in [3.05, 3.63) is 46.8 Å². The summed E-state index contributed by atoms with van der Waals surface area (Å²) in [6.07, 6.45) is 6.82. The second kappa shape index (κ2) is 9.35.